The lowest BCUT2D eigenvalue weighted by Crippen LogP contribution is -2.08. The maximum absolute atomic E-state index is 13.3. The van der Waals surface area contributed by atoms with Gasteiger partial charge in [-0.1, -0.05) is 6.58 Å². The predicted molar refractivity (Wildman–Crippen MR) is 84.7 cm³/mol. The Morgan fingerprint density at radius 3 is 2.24 bits per heavy atom. The second kappa shape index (κ2) is 6.04. The van der Waals surface area contributed by atoms with Crippen LogP contribution in [0.15, 0.2) is 24.8 Å². The van der Waals surface area contributed by atoms with Crippen molar-refractivity contribution in [3.63, 3.8) is 0 Å². The van der Waals surface area contributed by atoms with E-state index in [-0.39, 0.29) is 5.82 Å². The van der Waals surface area contributed by atoms with Gasteiger partial charge in [-0.2, -0.15) is 0 Å². The summed E-state index contributed by atoms with van der Waals surface area (Å²) in [7, 11) is 0. The summed E-state index contributed by atoms with van der Waals surface area (Å²) >= 11 is 0. The van der Waals surface area contributed by atoms with Crippen molar-refractivity contribution in [2.45, 2.75) is 34.2 Å². The molecule has 110 valence electrons. The molecule has 0 aliphatic rings. The quantitative estimate of drug-likeness (QED) is 0.915. The number of hydrogen-bond acceptors (Lipinski definition) is 3. The summed E-state index contributed by atoms with van der Waals surface area (Å²) in [4.78, 5) is 0. The molecule has 0 radical (unpaired) electrons. The van der Waals surface area contributed by atoms with E-state index in [9.17, 15) is 4.39 Å². The molecule has 2 aromatic rings. The van der Waals surface area contributed by atoms with Gasteiger partial charge in [-0.05, 0) is 73.7 Å². The minimum atomic E-state index is -0.199. The Balaban J connectivity index is 2.19. The lowest BCUT2D eigenvalue weighted by molar-refractivity contribution is 0.624. The Kier molecular flexibility index (Phi) is 4.36. The normalized spacial score (nSPS) is 10.5. The molecule has 0 aliphatic heterocycles. The molecule has 0 saturated heterocycles. The topological polar surface area (TPSA) is 37.8 Å². The molecule has 1 aromatic heterocycles. The van der Waals surface area contributed by atoms with Gasteiger partial charge >= 0.3 is 0 Å². The maximum Gasteiger partial charge on any atom is 0.151 e. The average molecular weight is 285 g/mol. The zero-order chi connectivity index (χ0) is 15.6. The Morgan fingerprint density at radius 2 is 1.71 bits per heavy atom. The smallest absolute Gasteiger partial charge is 0.151 e. The van der Waals surface area contributed by atoms with Crippen molar-refractivity contribution in [2.24, 2.45) is 0 Å². The summed E-state index contributed by atoms with van der Waals surface area (Å²) in [6.07, 6.45) is 0. The molecule has 4 heteroatoms. The molecule has 0 atom stereocenters. The minimum absolute atomic E-state index is 0.199. The summed E-state index contributed by atoms with van der Waals surface area (Å²) in [5.74, 6) is 0.540. The van der Waals surface area contributed by atoms with Gasteiger partial charge in [0.1, 0.15) is 5.82 Å². The van der Waals surface area contributed by atoms with Crippen LogP contribution in [0.3, 0.4) is 0 Å². The van der Waals surface area contributed by atoms with Crippen molar-refractivity contribution >= 4 is 11.4 Å². The Morgan fingerprint density at radius 1 is 1.10 bits per heavy atom. The summed E-state index contributed by atoms with van der Waals surface area (Å²) in [5.41, 5.74) is 5.66. The molecule has 1 heterocycles. The highest BCUT2D eigenvalue weighted by molar-refractivity contribution is 5.60. The molecular weight excluding hydrogens is 265 g/mol. The van der Waals surface area contributed by atoms with Crippen molar-refractivity contribution in [2.75, 3.05) is 5.32 Å². The van der Waals surface area contributed by atoms with Crippen LogP contribution in [0.2, 0.25) is 0 Å². The van der Waals surface area contributed by atoms with Gasteiger partial charge in [0, 0.05) is 6.54 Å². The fraction of sp³-hybridized carbons (Fsp3) is 0.294. The third kappa shape index (κ3) is 3.45. The Labute approximate surface area is 124 Å². The number of benzene rings is 1. The number of allylic oxidation sites excluding steroid dienone is 1. The molecule has 0 amide bonds. The van der Waals surface area contributed by atoms with Gasteiger partial charge in [-0.15, -0.1) is 10.2 Å². The first-order valence-electron chi connectivity index (χ1n) is 6.88. The van der Waals surface area contributed by atoms with E-state index in [2.05, 4.69) is 22.1 Å². The van der Waals surface area contributed by atoms with Crippen LogP contribution < -0.4 is 5.32 Å². The molecule has 0 saturated carbocycles. The molecule has 2 rings (SSSR count). The van der Waals surface area contributed by atoms with E-state index >= 15 is 0 Å². The number of hydrogen-bond donors (Lipinski definition) is 1. The van der Waals surface area contributed by atoms with E-state index in [1.165, 1.54) is 0 Å². The van der Waals surface area contributed by atoms with Crippen LogP contribution in [-0.4, -0.2) is 10.2 Å². The second-order valence-electron chi connectivity index (χ2n) is 5.41. The number of rotatable bonds is 4. The van der Waals surface area contributed by atoms with Gasteiger partial charge < -0.3 is 5.32 Å². The summed E-state index contributed by atoms with van der Waals surface area (Å²) in [6.45, 7) is 12.2. The molecule has 0 unspecified atom stereocenters. The predicted octanol–water partition coefficient (Wildman–Crippen LogP) is 4.19. The van der Waals surface area contributed by atoms with Crippen LogP contribution in [0.25, 0.3) is 5.57 Å². The molecule has 0 spiro atoms. The Hall–Kier alpha value is -2.23. The number of nitrogens with one attached hydrogen (secondary N) is 1. The molecule has 1 aromatic carbocycles. The van der Waals surface area contributed by atoms with E-state index < -0.39 is 0 Å². The number of aryl methyl sites for hydroxylation is 3. The highest BCUT2D eigenvalue weighted by atomic mass is 19.1. The summed E-state index contributed by atoms with van der Waals surface area (Å²) in [6, 6.07) is 5.06. The van der Waals surface area contributed by atoms with E-state index in [1.807, 2.05) is 33.8 Å². The lowest BCUT2D eigenvalue weighted by Gasteiger charge is -2.13. The van der Waals surface area contributed by atoms with Gasteiger partial charge in [-0.25, -0.2) is 4.39 Å². The zero-order valence-corrected chi connectivity index (χ0v) is 12.9. The molecule has 3 nitrogen and oxygen atoms in total. The zero-order valence-electron chi connectivity index (χ0n) is 12.9. The van der Waals surface area contributed by atoms with Crippen molar-refractivity contribution in [1.29, 1.82) is 0 Å². The van der Waals surface area contributed by atoms with E-state index in [0.717, 1.165) is 39.3 Å². The monoisotopic (exact) mass is 285 g/mol. The van der Waals surface area contributed by atoms with Crippen molar-refractivity contribution in [1.82, 2.24) is 10.2 Å². The van der Waals surface area contributed by atoms with Crippen LogP contribution in [0.4, 0.5) is 10.2 Å². The fourth-order valence-corrected chi connectivity index (χ4v) is 2.26. The first-order valence-corrected chi connectivity index (χ1v) is 6.88. The van der Waals surface area contributed by atoms with Crippen molar-refractivity contribution in [3.05, 3.63) is 58.5 Å². The van der Waals surface area contributed by atoms with E-state index in [0.29, 0.717) is 6.54 Å². The van der Waals surface area contributed by atoms with E-state index in [4.69, 9.17) is 0 Å². The third-order valence-corrected chi connectivity index (χ3v) is 3.52. The van der Waals surface area contributed by atoms with Gasteiger partial charge in [0.15, 0.2) is 5.82 Å². The molecule has 21 heavy (non-hydrogen) atoms. The van der Waals surface area contributed by atoms with Gasteiger partial charge in [0.25, 0.3) is 0 Å². The summed E-state index contributed by atoms with van der Waals surface area (Å²) in [5, 5.41) is 11.6. The highest BCUT2D eigenvalue weighted by Crippen LogP contribution is 2.19. The molecule has 0 aliphatic carbocycles. The number of anilines is 1. The van der Waals surface area contributed by atoms with Crippen LogP contribution in [-0.2, 0) is 6.54 Å². The fourth-order valence-electron chi connectivity index (χ4n) is 2.26. The van der Waals surface area contributed by atoms with Gasteiger partial charge in [-0.3, -0.25) is 0 Å². The highest BCUT2D eigenvalue weighted by Gasteiger charge is 2.08. The van der Waals surface area contributed by atoms with Gasteiger partial charge in [0.2, 0.25) is 0 Å². The Bertz CT molecular complexity index is 669. The molecule has 1 N–H and O–H groups in total. The van der Waals surface area contributed by atoms with Gasteiger partial charge in [0.05, 0.1) is 5.69 Å². The molecular formula is C17H20FN3. The van der Waals surface area contributed by atoms with Crippen molar-refractivity contribution < 1.29 is 4.39 Å². The van der Waals surface area contributed by atoms with Crippen LogP contribution >= 0.6 is 0 Å². The van der Waals surface area contributed by atoms with E-state index in [1.54, 1.807) is 12.1 Å². The summed E-state index contributed by atoms with van der Waals surface area (Å²) < 4.78 is 13.3. The minimum Gasteiger partial charge on any atom is -0.364 e. The number of aromatic nitrogens is 2. The molecule has 0 fully saturated rings. The largest absolute Gasteiger partial charge is 0.364 e. The first kappa shape index (κ1) is 15.2. The lowest BCUT2D eigenvalue weighted by atomic mass is 10.0. The number of nitrogens with zero attached hydrogens (tertiary/aromatic N) is 2. The standard InChI is InChI=1S/C17H20FN3/c1-10(2)16-8-13(5)17(21-20-16)19-9-15-11(3)6-14(18)7-12(15)4/h6-8H,1,9H2,2-5H3,(H,19,21). The average Bonchev–Trinajstić information content (AvgIpc) is 2.38. The van der Waals surface area contributed by atoms with Crippen molar-refractivity contribution in [3.8, 4) is 0 Å². The first-order chi connectivity index (χ1) is 9.88. The maximum atomic E-state index is 13.3. The SMILES string of the molecule is C=C(C)c1cc(C)c(NCc2c(C)cc(F)cc2C)nn1. The van der Waals surface area contributed by atoms with Crippen LogP contribution in [0, 0.1) is 26.6 Å². The van der Waals surface area contributed by atoms with Crippen LogP contribution in [0.1, 0.15) is 34.9 Å². The van der Waals surface area contributed by atoms with Crippen LogP contribution in [0.5, 0.6) is 0 Å². The second-order valence-corrected chi connectivity index (χ2v) is 5.41. The molecule has 0 bridgehead atoms. The number of halogens is 1. The third-order valence-electron chi connectivity index (χ3n) is 3.52.